The highest BCUT2D eigenvalue weighted by atomic mass is 35.5. The number of pyridine rings is 1. The topological polar surface area (TPSA) is 112 Å². The number of rotatable bonds is 5. The molecule has 0 unspecified atom stereocenters. The van der Waals surface area contributed by atoms with Crippen LogP contribution < -0.4 is 28.1 Å². The van der Waals surface area contributed by atoms with Crippen LogP contribution in [0.1, 0.15) is 31.7 Å². The van der Waals surface area contributed by atoms with E-state index in [9.17, 15) is 9.18 Å². The van der Waals surface area contributed by atoms with Gasteiger partial charge >= 0.3 is 0 Å². The van der Waals surface area contributed by atoms with Crippen LogP contribution in [-0.4, -0.2) is 4.57 Å². The van der Waals surface area contributed by atoms with E-state index in [2.05, 4.69) is 5.32 Å². The zero-order valence-electron chi connectivity index (χ0n) is 18.1. The summed E-state index contributed by atoms with van der Waals surface area (Å²) in [6, 6.07) is 6.04. The largest absolute Gasteiger partial charge is 0.397 e. The van der Waals surface area contributed by atoms with Crippen molar-refractivity contribution in [1.29, 1.82) is 0 Å². The van der Waals surface area contributed by atoms with E-state index >= 15 is 0 Å². The Hall–Kier alpha value is -2.90. The molecule has 6 nitrogen and oxygen atoms in total. The van der Waals surface area contributed by atoms with Gasteiger partial charge in [-0.1, -0.05) is 30.1 Å². The smallest absolute Gasteiger partial charge is 0.250 e. The normalized spacial score (nSPS) is 12.9. The molecular weight excluding hydrogens is 452 g/mol. The Morgan fingerprint density at radius 2 is 1.84 bits per heavy atom. The van der Waals surface area contributed by atoms with Gasteiger partial charge in [-0.2, -0.15) is 0 Å². The van der Waals surface area contributed by atoms with Gasteiger partial charge in [-0.3, -0.25) is 4.79 Å². The number of hydrogen-bond acceptors (Lipinski definition) is 5. The van der Waals surface area contributed by atoms with Crippen LogP contribution in [0, 0.1) is 5.82 Å². The van der Waals surface area contributed by atoms with Crippen LogP contribution >= 0.6 is 23.2 Å². The van der Waals surface area contributed by atoms with Crippen LogP contribution in [0.3, 0.4) is 0 Å². The summed E-state index contributed by atoms with van der Waals surface area (Å²) < 4.78 is 14.3. The molecular formula is C23H28Cl2FN5O. The van der Waals surface area contributed by atoms with Crippen molar-refractivity contribution in [3.05, 3.63) is 97.2 Å². The zero-order valence-corrected chi connectivity index (χ0v) is 19.6. The maximum Gasteiger partial charge on any atom is 0.250 e. The van der Waals surface area contributed by atoms with Gasteiger partial charge in [-0.05, 0) is 67.2 Å². The highest BCUT2D eigenvalue weighted by Gasteiger charge is 2.16. The van der Waals surface area contributed by atoms with E-state index in [0.717, 1.165) is 30.6 Å². The molecule has 0 amide bonds. The number of benzene rings is 1. The molecule has 1 aromatic carbocycles. The first-order chi connectivity index (χ1) is 15.1. The standard InChI is InChI=1S/C15H21N5O.C8H7Cl2F/c1-20-9-11(5-8-14(20)21)19-15(10-3-2-4-10)12(16)6-7-13(17)18;1-2-5-6(9)3-4-7(11)8(5)10/h5-9,19H,2-4,16-18H2,1H3;3-4H,2H2,1H3/b12-6-;. The fourth-order valence-electron chi connectivity index (χ4n) is 2.94. The van der Waals surface area contributed by atoms with E-state index in [0.29, 0.717) is 22.7 Å². The van der Waals surface area contributed by atoms with Crippen molar-refractivity contribution in [2.75, 3.05) is 5.32 Å². The molecule has 0 aliphatic heterocycles. The summed E-state index contributed by atoms with van der Waals surface area (Å²) in [6.07, 6.45) is 8.84. The third-order valence-electron chi connectivity index (χ3n) is 4.90. The minimum absolute atomic E-state index is 0.0549. The minimum atomic E-state index is -0.409. The van der Waals surface area contributed by atoms with Crippen LogP contribution in [0.4, 0.5) is 10.1 Å². The number of nitrogens with zero attached hydrogens (tertiary/aromatic N) is 1. The zero-order chi connectivity index (χ0) is 23.8. The molecule has 0 spiro atoms. The quantitative estimate of drug-likeness (QED) is 0.371. The molecule has 1 fully saturated rings. The number of nitrogens with one attached hydrogen (secondary N) is 1. The molecule has 172 valence electrons. The third-order valence-corrected chi connectivity index (χ3v) is 5.67. The number of aryl methyl sites for hydroxylation is 1. The molecule has 9 heteroatoms. The maximum atomic E-state index is 12.8. The Balaban J connectivity index is 0.000000278. The second kappa shape index (κ2) is 11.6. The summed E-state index contributed by atoms with van der Waals surface area (Å²) in [5, 5.41) is 3.95. The first-order valence-electron chi connectivity index (χ1n) is 10.1. The van der Waals surface area contributed by atoms with Gasteiger partial charge in [0.05, 0.1) is 27.9 Å². The van der Waals surface area contributed by atoms with E-state index in [1.165, 1.54) is 28.3 Å². The lowest BCUT2D eigenvalue weighted by Crippen LogP contribution is -2.19. The summed E-state index contributed by atoms with van der Waals surface area (Å²) in [6.45, 7) is 1.88. The van der Waals surface area contributed by atoms with Crippen LogP contribution in [0.2, 0.25) is 10.0 Å². The Kier molecular flexibility index (Phi) is 9.23. The molecule has 1 saturated carbocycles. The number of nitrogens with two attached hydrogens (primary N) is 3. The lowest BCUT2D eigenvalue weighted by molar-refractivity contribution is 0.626. The van der Waals surface area contributed by atoms with Crippen molar-refractivity contribution in [1.82, 2.24) is 4.57 Å². The van der Waals surface area contributed by atoms with Crippen molar-refractivity contribution in [3.8, 4) is 0 Å². The third kappa shape index (κ3) is 6.80. The molecule has 3 rings (SSSR count). The van der Waals surface area contributed by atoms with Gasteiger partial charge < -0.3 is 27.1 Å². The second-order valence-corrected chi connectivity index (χ2v) is 8.07. The average molecular weight is 480 g/mol. The fourth-order valence-corrected chi connectivity index (χ4v) is 3.58. The minimum Gasteiger partial charge on any atom is -0.397 e. The van der Waals surface area contributed by atoms with E-state index in [4.69, 9.17) is 40.4 Å². The van der Waals surface area contributed by atoms with Crippen LogP contribution in [-0.2, 0) is 13.5 Å². The molecule has 1 aliphatic carbocycles. The summed E-state index contributed by atoms with van der Waals surface area (Å²) in [7, 11) is 1.71. The predicted molar refractivity (Wildman–Crippen MR) is 131 cm³/mol. The van der Waals surface area contributed by atoms with Gasteiger partial charge in [0.1, 0.15) is 5.82 Å². The van der Waals surface area contributed by atoms with Gasteiger partial charge in [0.25, 0.3) is 0 Å². The van der Waals surface area contributed by atoms with Crippen LogP contribution in [0.5, 0.6) is 0 Å². The Labute approximate surface area is 197 Å². The van der Waals surface area contributed by atoms with Crippen molar-refractivity contribution in [3.63, 3.8) is 0 Å². The van der Waals surface area contributed by atoms with Gasteiger partial charge in [-0.15, -0.1) is 0 Å². The fraction of sp³-hybridized carbons (Fsp3) is 0.261. The SMILES string of the molecule is CCc1c(Cl)ccc(F)c1Cl.Cn1cc(NC(=C2CCC2)/C(N)=C/C=C(N)N)ccc1=O. The van der Waals surface area contributed by atoms with E-state index in [1.54, 1.807) is 31.5 Å². The highest BCUT2D eigenvalue weighted by molar-refractivity contribution is 6.36. The summed E-state index contributed by atoms with van der Waals surface area (Å²) in [4.78, 5) is 11.4. The van der Waals surface area contributed by atoms with Crippen molar-refractivity contribution in [2.45, 2.75) is 32.6 Å². The number of hydrogen-bond donors (Lipinski definition) is 4. The summed E-state index contributed by atoms with van der Waals surface area (Å²) in [5.74, 6) is -0.203. The van der Waals surface area contributed by atoms with Crippen molar-refractivity contribution in [2.24, 2.45) is 24.2 Å². The maximum absolute atomic E-state index is 12.8. The monoisotopic (exact) mass is 479 g/mol. The molecule has 0 atom stereocenters. The Morgan fingerprint density at radius 3 is 2.34 bits per heavy atom. The van der Waals surface area contributed by atoms with E-state index < -0.39 is 5.82 Å². The van der Waals surface area contributed by atoms with Gasteiger partial charge in [0.15, 0.2) is 0 Å². The lowest BCUT2D eigenvalue weighted by atomic mass is 9.89. The molecule has 32 heavy (non-hydrogen) atoms. The summed E-state index contributed by atoms with van der Waals surface area (Å²) >= 11 is 11.4. The second-order valence-electron chi connectivity index (χ2n) is 7.29. The highest BCUT2D eigenvalue weighted by Crippen LogP contribution is 2.31. The molecule has 1 aromatic heterocycles. The summed E-state index contributed by atoms with van der Waals surface area (Å²) in [5.41, 5.74) is 21.1. The number of allylic oxidation sites excluding steroid dienone is 3. The Bertz CT molecular complexity index is 1110. The average Bonchev–Trinajstić information content (AvgIpc) is 2.71. The predicted octanol–water partition coefficient (Wildman–Crippen LogP) is 4.53. The van der Waals surface area contributed by atoms with Crippen molar-refractivity contribution < 1.29 is 4.39 Å². The molecule has 1 aliphatic rings. The first-order valence-corrected chi connectivity index (χ1v) is 10.9. The van der Waals surface area contributed by atoms with Gasteiger partial charge in [0.2, 0.25) is 5.56 Å². The van der Waals surface area contributed by atoms with E-state index in [1.807, 2.05) is 6.92 Å². The molecule has 2 aromatic rings. The Morgan fingerprint density at radius 1 is 1.16 bits per heavy atom. The number of aromatic nitrogens is 1. The molecule has 1 heterocycles. The van der Waals surface area contributed by atoms with Crippen LogP contribution in [0.25, 0.3) is 0 Å². The van der Waals surface area contributed by atoms with E-state index in [-0.39, 0.29) is 16.4 Å². The number of halogens is 3. The lowest BCUT2D eigenvalue weighted by Gasteiger charge is -2.23. The molecule has 0 bridgehead atoms. The van der Waals surface area contributed by atoms with Crippen LogP contribution in [0.15, 0.2) is 70.2 Å². The molecule has 7 N–H and O–H groups in total. The molecule has 0 saturated heterocycles. The number of anilines is 1. The van der Waals surface area contributed by atoms with Gasteiger partial charge in [-0.25, -0.2) is 4.39 Å². The van der Waals surface area contributed by atoms with Gasteiger partial charge in [0, 0.05) is 24.3 Å². The molecule has 0 radical (unpaired) electrons. The van der Waals surface area contributed by atoms with Crippen molar-refractivity contribution >= 4 is 28.9 Å². The first kappa shape index (κ1) is 25.4.